The summed E-state index contributed by atoms with van der Waals surface area (Å²) in [4.78, 5) is 29.4. The van der Waals surface area contributed by atoms with Crippen LogP contribution in [0.4, 0.5) is 5.69 Å². The lowest BCUT2D eigenvalue weighted by Gasteiger charge is -2.33. The quantitative estimate of drug-likeness (QED) is 0.260. The van der Waals surface area contributed by atoms with Crippen LogP contribution >= 0.6 is 0 Å². The van der Waals surface area contributed by atoms with Crippen molar-refractivity contribution < 1.29 is 18.0 Å². The highest BCUT2D eigenvalue weighted by molar-refractivity contribution is 7.92. The lowest BCUT2D eigenvalue weighted by molar-refractivity contribution is -0.141. The van der Waals surface area contributed by atoms with E-state index in [1.54, 1.807) is 4.90 Å². The lowest BCUT2D eigenvalue weighted by atomic mass is 10.0. The summed E-state index contributed by atoms with van der Waals surface area (Å²) in [5.41, 5.74) is 5.40. The minimum absolute atomic E-state index is 0.0346. The average Bonchev–Trinajstić information content (AvgIpc) is 2.94. The highest BCUT2D eigenvalue weighted by Gasteiger charge is 2.31. The highest BCUT2D eigenvalue weighted by atomic mass is 32.2. The maximum atomic E-state index is 14.0. The fraction of sp³-hybridized carbons (Fsp3) is 0.412. The second-order valence-electron chi connectivity index (χ2n) is 11.3. The van der Waals surface area contributed by atoms with Crippen molar-refractivity contribution in [1.29, 1.82) is 0 Å². The van der Waals surface area contributed by atoms with E-state index in [0.29, 0.717) is 18.5 Å². The molecule has 42 heavy (non-hydrogen) atoms. The average molecular weight is 592 g/mol. The Morgan fingerprint density at radius 1 is 0.881 bits per heavy atom. The van der Waals surface area contributed by atoms with Crippen LogP contribution in [0.25, 0.3) is 0 Å². The van der Waals surface area contributed by atoms with Gasteiger partial charge in [0, 0.05) is 32.0 Å². The molecule has 0 fully saturated rings. The molecule has 2 amide bonds. The molecule has 0 aliphatic heterocycles. The number of rotatable bonds is 14. The molecule has 3 aromatic carbocycles. The summed E-state index contributed by atoms with van der Waals surface area (Å²) >= 11 is 0. The Morgan fingerprint density at radius 2 is 1.55 bits per heavy atom. The summed E-state index contributed by atoms with van der Waals surface area (Å²) < 4.78 is 27.0. The van der Waals surface area contributed by atoms with Crippen LogP contribution in [0.5, 0.6) is 0 Å². The standard InChI is InChI=1S/C34H45N3O4S/c1-7-28(5)35-34(39)32(23-29-14-9-8-10-15-29)36(24-30-16-11-13-25(2)21-30)33(38)17-12-20-37(42(6,40)41)31-22-26(3)18-19-27(31)4/h8-11,13-16,18-19,21-22,28,32H,7,12,17,20,23-24H2,1-6H3,(H,35,39). The van der Waals surface area contributed by atoms with Gasteiger partial charge in [-0.05, 0) is 68.9 Å². The van der Waals surface area contributed by atoms with E-state index < -0.39 is 16.1 Å². The van der Waals surface area contributed by atoms with Gasteiger partial charge in [-0.3, -0.25) is 13.9 Å². The van der Waals surface area contributed by atoms with E-state index in [0.717, 1.165) is 34.2 Å². The molecule has 1 N–H and O–H groups in total. The van der Waals surface area contributed by atoms with Gasteiger partial charge in [0.05, 0.1) is 11.9 Å². The summed E-state index contributed by atoms with van der Waals surface area (Å²) in [6.07, 6.45) is 2.75. The van der Waals surface area contributed by atoms with Gasteiger partial charge in [-0.15, -0.1) is 0 Å². The van der Waals surface area contributed by atoms with E-state index in [2.05, 4.69) is 5.32 Å². The van der Waals surface area contributed by atoms with Crippen LogP contribution in [-0.2, 0) is 32.6 Å². The predicted octanol–water partition coefficient (Wildman–Crippen LogP) is 5.71. The van der Waals surface area contributed by atoms with E-state index in [9.17, 15) is 18.0 Å². The van der Waals surface area contributed by atoms with E-state index in [-0.39, 0.29) is 37.4 Å². The summed E-state index contributed by atoms with van der Waals surface area (Å²) in [5, 5.41) is 3.09. The third-order valence-corrected chi connectivity index (χ3v) is 8.67. The number of carbonyl (C=O) groups excluding carboxylic acids is 2. The zero-order chi connectivity index (χ0) is 30.9. The maximum absolute atomic E-state index is 14.0. The van der Waals surface area contributed by atoms with Crippen LogP contribution in [0.15, 0.2) is 72.8 Å². The van der Waals surface area contributed by atoms with Crippen molar-refractivity contribution in [2.45, 2.75) is 78.9 Å². The molecule has 0 heterocycles. The highest BCUT2D eigenvalue weighted by Crippen LogP contribution is 2.25. The van der Waals surface area contributed by atoms with Gasteiger partial charge in [0.1, 0.15) is 6.04 Å². The Kier molecular flexibility index (Phi) is 11.7. The number of aryl methyl sites for hydroxylation is 3. The molecule has 3 rings (SSSR count). The fourth-order valence-corrected chi connectivity index (χ4v) is 5.99. The number of carbonyl (C=O) groups is 2. The minimum Gasteiger partial charge on any atom is -0.352 e. The van der Waals surface area contributed by atoms with Gasteiger partial charge in [0.25, 0.3) is 0 Å². The van der Waals surface area contributed by atoms with E-state index in [1.807, 2.05) is 107 Å². The van der Waals surface area contributed by atoms with Crippen molar-refractivity contribution in [2.75, 3.05) is 17.1 Å². The predicted molar refractivity (Wildman–Crippen MR) is 171 cm³/mol. The number of anilines is 1. The van der Waals surface area contributed by atoms with Crippen molar-refractivity contribution in [3.63, 3.8) is 0 Å². The van der Waals surface area contributed by atoms with Crippen molar-refractivity contribution in [2.24, 2.45) is 0 Å². The van der Waals surface area contributed by atoms with Crippen LogP contribution in [0.2, 0.25) is 0 Å². The van der Waals surface area contributed by atoms with Crippen molar-refractivity contribution in [3.05, 3.63) is 101 Å². The van der Waals surface area contributed by atoms with Crippen molar-refractivity contribution in [3.8, 4) is 0 Å². The van der Waals surface area contributed by atoms with Gasteiger partial charge in [-0.25, -0.2) is 8.42 Å². The molecular weight excluding hydrogens is 546 g/mol. The molecule has 3 aromatic rings. The number of benzene rings is 3. The summed E-state index contributed by atoms with van der Waals surface area (Å²) in [6.45, 7) is 10.2. The van der Waals surface area contributed by atoms with Crippen LogP contribution in [0, 0.1) is 20.8 Å². The SMILES string of the molecule is CCC(C)NC(=O)C(Cc1ccccc1)N(Cc1cccc(C)c1)C(=O)CCCN(c1cc(C)ccc1C)S(C)(=O)=O. The third-order valence-electron chi connectivity index (χ3n) is 7.49. The molecule has 2 atom stereocenters. The second-order valence-corrected chi connectivity index (χ2v) is 13.2. The molecule has 8 heteroatoms. The molecular formula is C34H45N3O4S. The number of sulfonamides is 1. The Hall–Kier alpha value is -3.65. The van der Waals surface area contributed by atoms with Crippen molar-refractivity contribution in [1.82, 2.24) is 10.2 Å². The normalized spacial score (nSPS) is 12.8. The molecule has 0 aromatic heterocycles. The monoisotopic (exact) mass is 591 g/mol. The van der Waals surface area contributed by atoms with Gasteiger partial charge in [0.15, 0.2) is 0 Å². The molecule has 0 aliphatic carbocycles. The summed E-state index contributed by atoms with van der Waals surface area (Å²) in [6, 6.07) is 22.6. The molecule has 0 saturated carbocycles. The molecule has 7 nitrogen and oxygen atoms in total. The first kappa shape index (κ1) is 32.9. The topological polar surface area (TPSA) is 86.8 Å². The van der Waals surface area contributed by atoms with Crippen LogP contribution in [0.1, 0.15) is 60.9 Å². The van der Waals surface area contributed by atoms with Crippen molar-refractivity contribution >= 4 is 27.5 Å². The largest absolute Gasteiger partial charge is 0.352 e. The van der Waals surface area contributed by atoms with E-state index in [1.165, 1.54) is 10.6 Å². The van der Waals surface area contributed by atoms with Gasteiger partial charge in [0.2, 0.25) is 21.8 Å². The Labute approximate surface area is 252 Å². The zero-order valence-electron chi connectivity index (χ0n) is 25.8. The first-order valence-electron chi connectivity index (χ1n) is 14.6. The molecule has 2 unspecified atom stereocenters. The number of amides is 2. The first-order valence-corrected chi connectivity index (χ1v) is 16.5. The van der Waals surface area contributed by atoms with E-state index in [4.69, 9.17) is 0 Å². The number of nitrogens with one attached hydrogen (secondary N) is 1. The molecule has 226 valence electrons. The zero-order valence-corrected chi connectivity index (χ0v) is 26.6. The fourth-order valence-electron chi connectivity index (χ4n) is 4.97. The smallest absolute Gasteiger partial charge is 0.243 e. The maximum Gasteiger partial charge on any atom is 0.243 e. The number of hydrogen-bond acceptors (Lipinski definition) is 4. The van der Waals surface area contributed by atoms with Crippen LogP contribution in [0.3, 0.4) is 0 Å². The molecule has 0 aliphatic rings. The van der Waals surface area contributed by atoms with Gasteiger partial charge in [-0.2, -0.15) is 0 Å². The summed E-state index contributed by atoms with van der Waals surface area (Å²) in [5.74, 6) is -0.381. The molecule has 0 saturated heterocycles. The molecule has 0 bridgehead atoms. The molecule has 0 radical (unpaired) electrons. The minimum atomic E-state index is -3.57. The van der Waals surface area contributed by atoms with E-state index >= 15 is 0 Å². The number of nitrogens with zero attached hydrogens (tertiary/aromatic N) is 2. The first-order chi connectivity index (χ1) is 19.9. The van der Waals surface area contributed by atoms with Crippen LogP contribution < -0.4 is 9.62 Å². The Bertz CT molecular complexity index is 1460. The third kappa shape index (κ3) is 9.44. The second kappa shape index (κ2) is 15.0. The lowest BCUT2D eigenvalue weighted by Crippen LogP contribution is -2.52. The van der Waals surface area contributed by atoms with Gasteiger partial charge in [-0.1, -0.05) is 79.2 Å². The Balaban J connectivity index is 1.91. The number of hydrogen-bond donors (Lipinski definition) is 1. The van der Waals surface area contributed by atoms with Gasteiger partial charge < -0.3 is 10.2 Å². The Morgan fingerprint density at radius 3 is 2.19 bits per heavy atom. The molecule has 0 spiro atoms. The van der Waals surface area contributed by atoms with Crippen LogP contribution in [-0.4, -0.2) is 50.0 Å². The summed E-state index contributed by atoms with van der Waals surface area (Å²) in [7, 11) is -3.57. The van der Waals surface area contributed by atoms with Gasteiger partial charge >= 0.3 is 0 Å².